The van der Waals surface area contributed by atoms with E-state index in [1.165, 1.54) is 25.5 Å². The second-order valence-corrected chi connectivity index (χ2v) is 7.98. The molecule has 4 heteroatoms. The number of carbonyl (C=O) groups is 1. The summed E-state index contributed by atoms with van der Waals surface area (Å²) in [7, 11) is 1.35. The zero-order valence-electron chi connectivity index (χ0n) is 17.0. The van der Waals surface area contributed by atoms with Crippen molar-refractivity contribution in [2.45, 2.75) is 71.1 Å². The number of nitrogens with zero attached hydrogens (tertiary/aromatic N) is 1. The van der Waals surface area contributed by atoms with Gasteiger partial charge in [-0.2, -0.15) is 5.26 Å². The molecule has 1 aromatic carbocycles. The van der Waals surface area contributed by atoms with Crippen LogP contribution in [-0.4, -0.2) is 19.7 Å². The topological polar surface area (TPSA) is 59.3 Å². The van der Waals surface area contributed by atoms with Crippen molar-refractivity contribution in [2.24, 2.45) is 11.3 Å². The summed E-state index contributed by atoms with van der Waals surface area (Å²) in [6.45, 7) is 4.68. The van der Waals surface area contributed by atoms with Gasteiger partial charge in [-0.1, -0.05) is 31.9 Å². The first-order chi connectivity index (χ1) is 13.0. The summed E-state index contributed by atoms with van der Waals surface area (Å²) in [5.41, 5.74) is 0.341. The van der Waals surface area contributed by atoms with Crippen molar-refractivity contribution in [3.05, 3.63) is 29.8 Å². The van der Waals surface area contributed by atoms with Crippen molar-refractivity contribution in [1.82, 2.24) is 0 Å². The summed E-state index contributed by atoms with van der Waals surface area (Å²) in [6, 6.07) is 10.7. The number of benzene rings is 1. The van der Waals surface area contributed by atoms with E-state index in [9.17, 15) is 10.1 Å². The third-order valence-electron chi connectivity index (χ3n) is 5.79. The van der Waals surface area contributed by atoms with E-state index in [0.29, 0.717) is 18.3 Å². The second-order valence-electron chi connectivity index (χ2n) is 7.98. The van der Waals surface area contributed by atoms with Gasteiger partial charge in [0.25, 0.3) is 0 Å². The number of unbranched alkanes of at least 4 members (excludes halogenated alkanes) is 2. The fourth-order valence-corrected chi connectivity index (χ4v) is 4.06. The first kappa shape index (κ1) is 21.3. The minimum absolute atomic E-state index is 0.408. The van der Waals surface area contributed by atoms with Crippen molar-refractivity contribution < 1.29 is 14.3 Å². The quantitative estimate of drug-likeness (QED) is 0.417. The molecule has 1 fully saturated rings. The number of hydrogen-bond acceptors (Lipinski definition) is 4. The highest BCUT2D eigenvalue weighted by atomic mass is 16.5. The number of esters is 1. The molecule has 0 heterocycles. The number of nitriles is 1. The Balaban J connectivity index is 1.83. The van der Waals surface area contributed by atoms with Gasteiger partial charge in [0.05, 0.1) is 19.8 Å². The molecule has 1 aromatic rings. The molecule has 2 rings (SSSR count). The van der Waals surface area contributed by atoms with Gasteiger partial charge in [-0.25, -0.2) is 0 Å². The lowest BCUT2D eigenvalue weighted by atomic mass is 9.72. The van der Waals surface area contributed by atoms with Gasteiger partial charge in [0, 0.05) is 0 Å². The smallest absolute Gasteiger partial charge is 0.325 e. The van der Waals surface area contributed by atoms with Gasteiger partial charge in [-0.3, -0.25) is 4.79 Å². The lowest BCUT2D eigenvalue weighted by Crippen LogP contribution is -2.31. The van der Waals surface area contributed by atoms with Crippen LogP contribution in [0.2, 0.25) is 0 Å². The largest absolute Gasteiger partial charge is 0.494 e. The van der Waals surface area contributed by atoms with Gasteiger partial charge in [-0.05, 0) is 75.0 Å². The van der Waals surface area contributed by atoms with E-state index in [2.05, 4.69) is 37.3 Å². The summed E-state index contributed by atoms with van der Waals surface area (Å²) in [5.74, 6) is 1.50. The molecule has 1 aliphatic carbocycles. The van der Waals surface area contributed by atoms with Crippen LogP contribution < -0.4 is 4.74 Å². The molecule has 0 aromatic heterocycles. The Morgan fingerprint density at radius 3 is 2.41 bits per heavy atom. The molecular weight excluding hydrogens is 338 g/mol. The molecule has 1 unspecified atom stereocenters. The third-order valence-corrected chi connectivity index (χ3v) is 5.79. The Labute approximate surface area is 163 Å². The van der Waals surface area contributed by atoms with Crippen LogP contribution in [0.4, 0.5) is 0 Å². The van der Waals surface area contributed by atoms with Gasteiger partial charge in [-0.15, -0.1) is 0 Å². The van der Waals surface area contributed by atoms with Gasteiger partial charge >= 0.3 is 5.97 Å². The first-order valence-corrected chi connectivity index (χ1v) is 10.2. The lowest BCUT2D eigenvalue weighted by Gasteiger charge is -2.32. The van der Waals surface area contributed by atoms with Gasteiger partial charge in [0.2, 0.25) is 0 Å². The lowest BCUT2D eigenvalue weighted by molar-refractivity contribution is -0.149. The standard InChI is InChI=1S/C23H33NO3/c1-4-5-6-15-27-21-13-11-20(12-14-21)19-9-7-18(8-10-19)16-23(2,17-24)22(25)26-3/h11-14,18-19H,4-10,15-16H2,1-3H3. The van der Waals surface area contributed by atoms with Crippen LogP contribution in [0.25, 0.3) is 0 Å². The molecule has 0 aliphatic heterocycles. The van der Waals surface area contributed by atoms with Crippen molar-refractivity contribution in [1.29, 1.82) is 5.26 Å². The van der Waals surface area contributed by atoms with Crippen molar-refractivity contribution in [3.8, 4) is 11.8 Å². The fourth-order valence-electron chi connectivity index (χ4n) is 4.06. The molecule has 0 amide bonds. The van der Waals surface area contributed by atoms with E-state index >= 15 is 0 Å². The van der Waals surface area contributed by atoms with Crippen LogP contribution >= 0.6 is 0 Å². The van der Waals surface area contributed by atoms with Crippen LogP contribution in [0.5, 0.6) is 5.75 Å². The highest BCUT2D eigenvalue weighted by Gasteiger charge is 2.38. The Morgan fingerprint density at radius 2 is 1.85 bits per heavy atom. The number of ether oxygens (including phenoxy) is 2. The molecule has 1 aliphatic rings. The maximum atomic E-state index is 11.9. The summed E-state index contributed by atoms with van der Waals surface area (Å²) < 4.78 is 10.6. The Kier molecular flexibility index (Phi) is 8.16. The molecule has 0 radical (unpaired) electrons. The first-order valence-electron chi connectivity index (χ1n) is 10.2. The van der Waals surface area contributed by atoms with E-state index in [1.807, 2.05) is 0 Å². The minimum Gasteiger partial charge on any atom is -0.494 e. The fraction of sp³-hybridized carbons (Fsp3) is 0.652. The predicted molar refractivity (Wildman–Crippen MR) is 107 cm³/mol. The Hall–Kier alpha value is -2.02. The van der Waals surface area contributed by atoms with Crippen LogP contribution in [0, 0.1) is 22.7 Å². The van der Waals surface area contributed by atoms with Gasteiger partial charge in [0.15, 0.2) is 5.41 Å². The normalized spacial score (nSPS) is 21.7. The van der Waals surface area contributed by atoms with E-state index in [4.69, 9.17) is 9.47 Å². The Morgan fingerprint density at radius 1 is 1.19 bits per heavy atom. The van der Waals surface area contributed by atoms with Gasteiger partial charge < -0.3 is 9.47 Å². The molecule has 148 valence electrons. The van der Waals surface area contributed by atoms with Crippen LogP contribution in [0.3, 0.4) is 0 Å². The van der Waals surface area contributed by atoms with Crippen molar-refractivity contribution in [2.75, 3.05) is 13.7 Å². The van der Waals surface area contributed by atoms with Gasteiger partial charge in [0.1, 0.15) is 5.75 Å². The van der Waals surface area contributed by atoms with E-state index in [0.717, 1.165) is 44.5 Å². The van der Waals surface area contributed by atoms with Crippen LogP contribution in [0.15, 0.2) is 24.3 Å². The SMILES string of the molecule is CCCCCOc1ccc(C2CCC(CC(C)(C#N)C(=O)OC)CC2)cc1. The van der Waals surface area contributed by atoms with Crippen molar-refractivity contribution >= 4 is 5.97 Å². The Bertz CT molecular complexity index is 626. The van der Waals surface area contributed by atoms with Crippen LogP contribution in [0.1, 0.15) is 76.7 Å². The average molecular weight is 372 g/mol. The summed E-state index contributed by atoms with van der Waals surface area (Å²) in [5, 5.41) is 9.40. The zero-order valence-corrected chi connectivity index (χ0v) is 17.0. The molecule has 0 spiro atoms. The highest BCUT2D eigenvalue weighted by molar-refractivity contribution is 5.79. The third kappa shape index (κ3) is 5.99. The van der Waals surface area contributed by atoms with E-state index in [-0.39, 0.29) is 0 Å². The van der Waals surface area contributed by atoms with Crippen molar-refractivity contribution in [3.63, 3.8) is 0 Å². The van der Waals surface area contributed by atoms with E-state index in [1.54, 1.807) is 6.92 Å². The predicted octanol–water partition coefficient (Wildman–Crippen LogP) is 5.62. The number of methoxy groups -OCH3 is 1. The minimum atomic E-state index is -1.02. The maximum Gasteiger partial charge on any atom is 0.325 e. The maximum absolute atomic E-state index is 11.9. The van der Waals surface area contributed by atoms with E-state index < -0.39 is 11.4 Å². The molecular formula is C23H33NO3. The molecule has 1 atom stereocenters. The summed E-state index contributed by atoms with van der Waals surface area (Å²) in [4.78, 5) is 11.9. The highest BCUT2D eigenvalue weighted by Crippen LogP contribution is 2.41. The summed E-state index contributed by atoms with van der Waals surface area (Å²) >= 11 is 0. The van der Waals surface area contributed by atoms with Crippen LogP contribution in [-0.2, 0) is 9.53 Å². The second kappa shape index (κ2) is 10.3. The zero-order chi connectivity index (χ0) is 19.7. The molecule has 0 saturated heterocycles. The number of rotatable bonds is 9. The number of carbonyl (C=O) groups excluding carboxylic acids is 1. The molecule has 4 nitrogen and oxygen atoms in total. The monoisotopic (exact) mass is 371 g/mol. The summed E-state index contributed by atoms with van der Waals surface area (Å²) in [6.07, 6.45) is 8.42. The molecule has 0 bridgehead atoms. The molecule has 0 N–H and O–H groups in total. The number of hydrogen-bond donors (Lipinski definition) is 0. The molecule has 1 saturated carbocycles. The average Bonchev–Trinajstić information content (AvgIpc) is 2.71. The molecule has 27 heavy (non-hydrogen) atoms.